The SMILES string of the molecule is C=C(CC1CCCCC1)CC1(O[Si](C)(C)C)C=C(C)CCC1. The van der Waals surface area contributed by atoms with Gasteiger partial charge in [-0.1, -0.05) is 55.9 Å². The number of hydrogen-bond donors (Lipinski definition) is 0. The van der Waals surface area contributed by atoms with Gasteiger partial charge in [-0.25, -0.2) is 0 Å². The summed E-state index contributed by atoms with van der Waals surface area (Å²) in [7, 11) is -1.55. The number of rotatable bonds is 6. The molecule has 2 aliphatic rings. The zero-order chi connectivity index (χ0) is 16.2. The molecule has 0 heterocycles. The lowest BCUT2D eigenvalue weighted by Crippen LogP contribution is -2.43. The Morgan fingerprint density at radius 1 is 1.23 bits per heavy atom. The Morgan fingerprint density at radius 2 is 1.91 bits per heavy atom. The lowest BCUT2D eigenvalue weighted by atomic mass is 9.79. The molecule has 126 valence electrons. The molecule has 0 saturated heterocycles. The summed E-state index contributed by atoms with van der Waals surface area (Å²) in [6.45, 7) is 13.7. The van der Waals surface area contributed by atoms with Crippen LogP contribution < -0.4 is 0 Å². The fourth-order valence-electron chi connectivity index (χ4n) is 4.42. The van der Waals surface area contributed by atoms with Crippen LogP contribution in [0.3, 0.4) is 0 Å². The van der Waals surface area contributed by atoms with Gasteiger partial charge in [0, 0.05) is 0 Å². The van der Waals surface area contributed by atoms with Gasteiger partial charge in [-0.2, -0.15) is 0 Å². The van der Waals surface area contributed by atoms with Crippen molar-refractivity contribution >= 4 is 8.32 Å². The molecule has 0 aromatic rings. The van der Waals surface area contributed by atoms with Crippen LogP contribution in [0.25, 0.3) is 0 Å². The molecule has 1 saturated carbocycles. The summed E-state index contributed by atoms with van der Waals surface area (Å²) in [5.41, 5.74) is 2.89. The Bertz CT molecular complexity index is 412. The van der Waals surface area contributed by atoms with E-state index in [9.17, 15) is 0 Å². The normalized spacial score (nSPS) is 27.5. The Kier molecular flexibility index (Phi) is 6.12. The lowest BCUT2D eigenvalue weighted by Gasteiger charge is -2.41. The maximum absolute atomic E-state index is 6.70. The zero-order valence-corrected chi connectivity index (χ0v) is 16.3. The van der Waals surface area contributed by atoms with Crippen molar-refractivity contribution in [2.75, 3.05) is 0 Å². The first-order valence-corrected chi connectivity index (χ1v) is 12.7. The topological polar surface area (TPSA) is 9.23 Å². The minimum atomic E-state index is -1.55. The molecule has 2 aliphatic carbocycles. The minimum Gasteiger partial charge on any atom is -0.408 e. The van der Waals surface area contributed by atoms with E-state index in [0.717, 1.165) is 12.3 Å². The summed E-state index contributed by atoms with van der Waals surface area (Å²) < 4.78 is 6.70. The largest absolute Gasteiger partial charge is 0.408 e. The van der Waals surface area contributed by atoms with E-state index in [1.165, 1.54) is 68.9 Å². The fourth-order valence-corrected chi connectivity index (χ4v) is 5.87. The molecule has 0 radical (unpaired) electrons. The second kappa shape index (κ2) is 7.48. The van der Waals surface area contributed by atoms with Crippen LogP contribution in [0.1, 0.15) is 71.1 Å². The van der Waals surface area contributed by atoms with Crippen molar-refractivity contribution in [3.05, 3.63) is 23.8 Å². The first-order chi connectivity index (χ1) is 10.3. The maximum Gasteiger partial charge on any atom is 0.184 e. The van der Waals surface area contributed by atoms with Gasteiger partial charge in [0.15, 0.2) is 8.32 Å². The minimum absolute atomic E-state index is 0.0431. The van der Waals surface area contributed by atoms with Crippen LogP contribution >= 0.6 is 0 Å². The Balaban J connectivity index is 2.02. The van der Waals surface area contributed by atoms with E-state index >= 15 is 0 Å². The molecule has 0 aromatic carbocycles. The smallest absolute Gasteiger partial charge is 0.184 e. The Labute approximate surface area is 139 Å². The van der Waals surface area contributed by atoms with E-state index in [1.807, 2.05) is 0 Å². The van der Waals surface area contributed by atoms with E-state index < -0.39 is 8.32 Å². The van der Waals surface area contributed by atoms with Gasteiger partial charge in [0.1, 0.15) is 0 Å². The Hall–Kier alpha value is -0.343. The predicted molar refractivity (Wildman–Crippen MR) is 99.7 cm³/mol. The predicted octanol–water partition coefficient (Wildman–Crippen LogP) is 6.62. The summed E-state index contributed by atoms with van der Waals surface area (Å²) in [5.74, 6) is 0.888. The molecular formula is C20H36OSi. The van der Waals surface area contributed by atoms with Gasteiger partial charge in [0.25, 0.3) is 0 Å². The average Bonchev–Trinajstić information content (AvgIpc) is 2.36. The van der Waals surface area contributed by atoms with Crippen molar-refractivity contribution < 1.29 is 4.43 Å². The third-order valence-electron chi connectivity index (χ3n) is 5.04. The van der Waals surface area contributed by atoms with Crippen molar-refractivity contribution in [1.29, 1.82) is 0 Å². The summed E-state index contributed by atoms with van der Waals surface area (Å²) in [4.78, 5) is 0. The lowest BCUT2D eigenvalue weighted by molar-refractivity contribution is 0.0913. The summed E-state index contributed by atoms with van der Waals surface area (Å²) in [6.07, 6.45) is 15.5. The second-order valence-corrected chi connectivity index (χ2v) is 13.2. The zero-order valence-electron chi connectivity index (χ0n) is 15.3. The van der Waals surface area contributed by atoms with Crippen molar-refractivity contribution in [3.8, 4) is 0 Å². The van der Waals surface area contributed by atoms with Gasteiger partial charge in [-0.15, -0.1) is 0 Å². The van der Waals surface area contributed by atoms with Gasteiger partial charge in [0.05, 0.1) is 5.60 Å². The summed E-state index contributed by atoms with van der Waals surface area (Å²) in [6, 6.07) is 0. The van der Waals surface area contributed by atoms with E-state index in [-0.39, 0.29) is 5.60 Å². The third kappa shape index (κ3) is 5.70. The van der Waals surface area contributed by atoms with E-state index in [2.05, 4.69) is 39.2 Å². The highest BCUT2D eigenvalue weighted by molar-refractivity contribution is 6.69. The van der Waals surface area contributed by atoms with E-state index in [0.29, 0.717) is 0 Å². The quantitative estimate of drug-likeness (QED) is 0.394. The van der Waals surface area contributed by atoms with Gasteiger partial charge < -0.3 is 4.43 Å². The highest BCUT2D eigenvalue weighted by atomic mass is 28.4. The molecule has 0 amide bonds. The fraction of sp³-hybridized carbons (Fsp3) is 0.800. The maximum atomic E-state index is 6.70. The average molecular weight is 321 g/mol. The molecule has 2 rings (SSSR count). The molecule has 2 heteroatoms. The standard InChI is InChI=1S/C20H36OSi/c1-17-10-9-13-20(15-17,21-22(3,4)5)16-18(2)14-19-11-7-6-8-12-19/h15,19H,2,6-14,16H2,1,3-5H3. The third-order valence-corrected chi connectivity index (χ3v) is 6.06. The van der Waals surface area contributed by atoms with Crippen LogP contribution in [-0.4, -0.2) is 13.9 Å². The first kappa shape index (κ1) is 18.0. The molecule has 1 atom stereocenters. The van der Waals surface area contributed by atoms with Crippen molar-refractivity contribution in [1.82, 2.24) is 0 Å². The molecule has 0 aliphatic heterocycles. The molecule has 0 aromatic heterocycles. The van der Waals surface area contributed by atoms with Crippen molar-refractivity contribution in [2.24, 2.45) is 5.92 Å². The molecule has 0 spiro atoms. The van der Waals surface area contributed by atoms with Crippen LogP contribution in [0.2, 0.25) is 19.6 Å². The highest BCUT2D eigenvalue weighted by Gasteiger charge is 2.36. The molecule has 0 N–H and O–H groups in total. The molecule has 22 heavy (non-hydrogen) atoms. The number of hydrogen-bond acceptors (Lipinski definition) is 1. The summed E-state index contributed by atoms with van der Waals surface area (Å²) in [5, 5.41) is 0. The summed E-state index contributed by atoms with van der Waals surface area (Å²) >= 11 is 0. The molecule has 0 bridgehead atoms. The van der Waals surface area contributed by atoms with Gasteiger partial charge in [0.2, 0.25) is 0 Å². The van der Waals surface area contributed by atoms with E-state index in [1.54, 1.807) is 0 Å². The second-order valence-electron chi connectivity index (χ2n) is 8.76. The van der Waals surface area contributed by atoms with Crippen LogP contribution in [0.5, 0.6) is 0 Å². The molecule has 1 unspecified atom stereocenters. The highest BCUT2D eigenvalue weighted by Crippen LogP contribution is 2.39. The van der Waals surface area contributed by atoms with Gasteiger partial charge in [-0.05, 0) is 64.6 Å². The van der Waals surface area contributed by atoms with Crippen LogP contribution in [0, 0.1) is 5.92 Å². The van der Waals surface area contributed by atoms with Crippen molar-refractivity contribution in [2.45, 2.75) is 96.4 Å². The van der Waals surface area contributed by atoms with Crippen molar-refractivity contribution in [3.63, 3.8) is 0 Å². The first-order valence-electron chi connectivity index (χ1n) is 9.33. The molecule has 1 nitrogen and oxygen atoms in total. The molecular weight excluding hydrogens is 284 g/mol. The van der Waals surface area contributed by atoms with Crippen LogP contribution in [0.4, 0.5) is 0 Å². The van der Waals surface area contributed by atoms with Crippen LogP contribution in [-0.2, 0) is 4.43 Å². The van der Waals surface area contributed by atoms with Crippen LogP contribution in [0.15, 0.2) is 23.8 Å². The van der Waals surface area contributed by atoms with Gasteiger partial charge in [-0.3, -0.25) is 0 Å². The monoisotopic (exact) mass is 320 g/mol. The van der Waals surface area contributed by atoms with Gasteiger partial charge >= 0.3 is 0 Å². The van der Waals surface area contributed by atoms with E-state index in [4.69, 9.17) is 4.43 Å². The Morgan fingerprint density at radius 3 is 2.50 bits per heavy atom. The molecule has 1 fully saturated rings. The number of allylic oxidation sites excluding steroid dienone is 1.